The lowest BCUT2D eigenvalue weighted by Gasteiger charge is -2.56. The van der Waals surface area contributed by atoms with Gasteiger partial charge < -0.3 is 24.8 Å². The van der Waals surface area contributed by atoms with E-state index in [0.717, 1.165) is 69.4 Å². The second-order valence-electron chi connectivity index (χ2n) is 10.3. The van der Waals surface area contributed by atoms with Gasteiger partial charge in [-0.2, -0.15) is 15.3 Å². The minimum absolute atomic E-state index is 0.0716. The molecule has 1 amide bonds. The second-order valence-corrected chi connectivity index (χ2v) is 10.3. The van der Waals surface area contributed by atoms with Crippen molar-refractivity contribution < 1.29 is 9.53 Å². The topological polar surface area (TPSA) is 123 Å². The Balaban J connectivity index is 1.12. The molecule has 0 atom stereocenters. The number of aromatic nitrogens is 5. The van der Waals surface area contributed by atoms with Gasteiger partial charge in [0.05, 0.1) is 48.8 Å². The maximum atomic E-state index is 12.6. The third-order valence-electron chi connectivity index (χ3n) is 7.79. The van der Waals surface area contributed by atoms with Crippen LogP contribution in [0.15, 0.2) is 30.7 Å². The molecule has 0 bridgehead atoms. The third-order valence-corrected chi connectivity index (χ3v) is 7.79. The Morgan fingerprint density at radius 2 is 1.97 bits per heavy atom. The van der Waals surface area contributed by atoms with Crippen LogP contribution in [0, 0.1) is 11.3 Å². The van der Waals surface area contributed by atoms with E-state index in [2.05, 4.69) is 43.3 Å². The Kier molecular flexibility index (Phi) is 6.61. The number of carbonyl (C=O) groups excluding carboxylic acids is 1. The first kappa shape index (κ1) is 24.6. The summed E-state index contributed by atoms with van der Waals surface area (Å²) < 4.78 is 8.93. The number of rotatable bonds is 7. The average molecular weight is 520 g/mol. The predicted molar refractivity (Wildman–Crippen MR) is 140 cm³/mol. The van der Waals surface area contributed by atoms with Gasteiger partial charge in [0.2, 0.25) is 11.9 Å². The number of likely N-dealkylation sites (N-methyl/N-ethyl adjacent to an activating group) is 1. The Hall–Kier alpha value is -3.73. The van der Waals surface area contributed by atoms with E-state index in [4.69, 9.17) is 9.72 Å². The summed E-state index contributed by atoms with van der Waals surface area (Å²) in [5, 5.41) is 21.7. The molecule has 3 aromatic rings. The number of fused-ring (bicyclic) bond motifs is 1. The fourth-order valence-electron chi connectivity index (χ4n) is 5.57. The van der Waals surface area contributed by atoms with Crippen molar-refractivity contribution in [1.29, 1.82) is 5.26 Å². The van der Waals surface area contributed by atoms with Gasteiger partial charge in [-0.15, -0.1) is 5.10 Å². The highest BCUT2D eigenvalue weighted by Crippen LogP contribution is 2.37. The zero-order chi connectivity index (χ0) is 26.1. The van der Waals surface area contributed by atoms with E-state index in [1.807, 2.05) is 23.2 Å². The molecule has 3 fully saturated rings. The molecule has 6 heterocycles. The van der Waals surface area contributed by atoms with Crippen LogP contribution in [0.1, 0.15) is 6.42 Å². The van der Waals surface area contributed by atoms with Gasteiger partial charge >= 0.3 is 0 Å². The summed E-state index contributed by atoms with van der Waals surface area (Å²) in [7, 11) is 2.07. The lowest BCUT2D eigenvalue weighted by atomic mass is 9.84. The van der Waals surface area contributed by atoms with Crippen molar-refractivity contribution in [3.8, 4) is 6.07 Å². The van der Waals surface area contributed by atoms with Crippen molar-refractivity contribution in [3.05, 3.63) is 30.7 Å². The van der Waals surface area contributed by atoms with E-state index in [9.17, 15) is 10.1 Å². The minimum Gasteiger partial charge on any atom is -0.379 e. The van der Waals surface area contributed by atoms with Crippen molar-refractivity contribution >= 4 is 28.9 Å². The van der Waals surface area contributed by atoms with Crippen LogP contribution in [0.4, 0.5) is 17.3 Å². The molecular formula is C25H33N11O2. The fourth-order valence-corrected chi connectivity index (χ4v) is 5.57. The molecule has 200 valence electrons. The summed E-state index contributed by atoms with van der Waals surface area (Å²) in [6, 6.07) is 6.40. The number of ether oxygens (including phenoxy) is 1. The third kappa shape index (κ3) is 4.78. The zero-order valence-corrected chi connectivity index (χ0v) is 21.7. The summed E-state index contributed by atoms with van der Waals surface area (Å²) in [5.74, 6) is 0.529. The van der Waals surface area contributed by atoms with Crippen molar-refractivity contribution in [3.63, 3.8) is 0 Å². The van der Waals surface area contributed by atoms with Gasteiger partial charge in [-0.3, -0.25) is 14.4 Å². The smallest absolute Gasteiger partial charge is 0.247 e. The number of piperazine rings is 1. The van der Waals surface area contributed by atoms with E-state index in [0.29, 0.717) is 25.6 Å². The Morgan fingerprint density at radius 3 is 2.74 bits per heavy atom. The molecule has 0 aromatic carbocycles. The Bertz CT molecular complexity index is 1320. The number of hydrogen-bond acceptors (Lipinski definition) is 10. The highest BCUT2D eigenvalue weighted by atomic mass is 16.5. The quantitative estimate of drug-likeness (QED) is 0.465. The molecule has 13 heteroatoms. The molecule has 0 aliphatic carbocycles. The van der Waals surface area contributed by atoms with Gasteiger partial charge in [0, 0.05) is 64.8 Å². The van der Waals surface area contributed by atoms with Gasteiger partial charge in [0.25, 0.3) is 0 Å². The van der Waals surface area contributed by atoms with Crippen LogP contribution in [0.2, 0.25) is 0 Å². The molecule has 1 N–H and O–H groups in total. The molecule has 0 spiro atoms. The molecule has 0 radical (unpaired) electrons. The molecule has 3 aliphatic rings. The van der Waals surface area contributed by atoms with Crippen LogP contribution in [0.25, 0.3) is 5.65 Å². The van der Waals surface area contributed by atoms with Crippen LogP contribution in [0.3, 0.4) is 0 Å². The number of anilines is 3. The highest BCUT2D eigenvalue weighted by Gasteiger charge is 2.48. The molecule has 6 rings (SSSR count). The molecule has 3 aromatic heterocycles. The molecule has 3 aliphatic heterocycles. The van der Waals surface area contributed by atoms with Gasteiger partial charge in [0.15, 0.2) is 5.65 Å². The van der Waals surface area contributed by atoms with Gasteiger partial charge in [0.1, 0.15) is 6.54 Å². The summed E-state index contributed by atoms with van der Waals surface area (Å²) in [6.07, 6.45) is 5.85. The van der Waals surface area contributed by atoms with Crippen molar-refractivity contribution in [2.24, 2.45) is 0 Å². The number of hydrogen-bond donors (Lipinski definition) is 1. The first-order valence-electron chi connectivity index (χ1n) is 13.1. The molecular weight excluding hydrogens is 486 g/mol. The fraction of sp³-hybridized carbons (Fsp3) is 0.560. The number of morpholine rings is 1. The van der Waals surface area contributed by atoms with Crippen LogP contribution in [-0.4, -0.2) is 123 Å². The zero-order valence-electron chi connectivity index (χ0n) is 21.7. The van der Waals surface area contributed by atoms with Gasteiger partial charge in [-0.1, -0.05) is 0 Å². The lowest BCUT2D eigenvalue weighted by Crippen LogP contribution is -2.71. The van der Waals surface area contributed by atoms with Crippen LogP contribution in [-0.2, 0) is 16.1 Å². The largest absolute Gasteiger partial charge is 0.379 e. The SMILES string of the molecule is CN1CCN(C(=O)Cn2cc(Nc3nc4c(N5CC(CC#N)(N6CCOCC6)C5)cccn4n3)cn2)CC1. The Morgan fingerprint density at radius 1 is 1.18 bits per heavy atom. The summed E-state index contributed by atoms with van der Waals surface area (Å²) >= 11 is 0. The molecule has 38 heavy (non-hydrogen) atoms. The molecule has 3 saturated heterocycles. The second kappa shape index (κ2) is 10.2. The van der Waals surface area contributed by atoms with Crippen molar-refractivity contribution in [2.75, 3.05) is 82.8 Å². The first-order valence-corrected chi connectivity index (χ1v) is 13.1. The highest BCUT2D eigenvalue weighted by molar-refractivity contribution is 5.76. The summed E-state index contributed by atoms with van der Waals surface area (Å²) in [6.45, 7) is 8.15. The van der Waals surface area contributed by atoms with Gasteiger partial charge in [-0.25, -0.2) is 4.52 Å². The molecule has 0 saturated carbocycles. The first-order chi connectivity index (χ1) is 18.5. The van der Waals surface area contributed by atoms with Crippen LogP contribution in [0.5, 0.6) is 0 Å². The van der Waals surface area contributed by atoms with E-state index >= 15 is 0 Å². The van der Waals surface area contributed by atoms with Crippen molar-refractivity contribution in [1.82, 2.24) is 39.1 Å². The Labute approximate surface area is 221 Å². The summed E-state index contributed by atoms with van der Waals surface area (Å²) in [5.41, 5.74) is 2.31. The maximum Gasteiger partial charge on any atom is 0.247 e. The van der Waals surface area contributed by atoms with Crippen LogP contribution >= 0.6 is 0 Å². The molecule has 0 unspecified atom stereocenters. The van der Waals surface area contributed by atoms with E-state index in [-0.39, 0.29) is 18.0 Å². The van der Waals surface area contributed by atoms with Crippen LogP contribution < -0.4 is 10.2 Å². The number of amides is 1. The maximum absolute atomic E-state index is 12.6. The summed E-state index contributed by atoms with van der Waals surface area (Å²) in [4.78, 5) is 26.2. The molecule has 13 nitrogen and oxygen atoms in total. The number of nitriles is 1. The minimum atomic E-state index is -0.150. The number of nitrogens with zero attached hydrogens (tertiary/aromatic N) is 10. The van der Waals surface area contributed by atoms with E-state index in [1.165, 1.54) is 0 Å². The van der Waals surface area contributed by atoms with E-state index < -0.39 is 0 Å². The number of carbonyl (C=O) groups is 1. The lowest BCUT2D eigenvalue weighted by molar-refractivity contribution is -0.133. The standard InChI is InChI=1S/C25H33N11O2/c1-31-7-9-32(10-8-31)22(37)17-35-16-20(15-27-35)28-24-29-23-21(3-2-6-36(23)30-24)33-18-25(19-33,4-5-26)34-11-13-38-14-12-34/h2-3,6,15-16H,4,7-14,17-19H2,1H3,(H,28,30). The number of nitrogens with one attached hydrogen (secondary N) is 1. The predicted octanol–water partition coefficient (Wildman–Crippen LogP) is 0.248. The van der Waals surface area contributed by atoms with E-state index in [1.54, 1.807) is 21.6 Å². The monoisotopic (exact) mass is 519 g/mol. The van der Waals surface area contributed by atoms with Gasteiger partial charge in [-0.05, 0) is 19.2 Å². The number of pyridine rings is 1. The average Bonchev–Trinajstić information content (AvgIpc) is 3.53. The normalized spacial score (nSPS) is 20.3. The van der Waals surface area contributed by atoms with Crippen molar-refractivity contribution in [2.45, 2.75) is 18.5 Å².